The van der Waals surface area contributed by atoms with Gasteiger partial charge in [0.2, 0.25) is 10.0 Å². The third-order valence-corrected chi connectivity index (χ3v) is 5.25. The fourth-order valence-electron chi connectivity index (χ4n) is 2.58. The second-order valence-corrected chi connectivity index (χ2v) is 6.93. The summed E-state index contributed by atoms with van der Waals surface area (Å²) in [4.78, 5) is 0.213. The van der Waals surface area contributed by atoms with E-state index in [0.29, 0.717) is 5.39 Å². The van der Waals surface area contributed by atoms with E-state index in [9.17, 15) is 13.5 Å². The average molecular weight is 327 g/mol. The van der Waals surface area contributed by atoms with E-state index in [1.165, 1.54) is 0 Å². The van der Waals surface area contributed by atoms with Crippen molar-refractivity contribution in [2.24, 2.45) is 0 Å². The van der Waals surface area contributed by atoms with Gasteiger partial charge in [-0.05, 0) is 17.0 Å². The second kappa shape index (κ2) is 6.50. The Bertz CT molecular complexity index is 902. The van der Waals surface area contributed by atoms with Crippen LogP contribution in [0.2, 0.25) is 0 Å². The minimum atomic E-state index is -3.76. The Morgan fingerprint density at radius 3 is 2.26 bits per heavy atom. The zero-order valence-corrected chi connectivity index (χ0v) is 13.2. The lowest BCUT2D eigenvalue weighted by Crippen LogP contribution is -2.31. The van der Waals surface area contributed by atoms with Crippen molar-refractivity contribution in [1.82, 2.24) is 4.72 Å². The normalized spacial score (nSPS) is 13.1. The Morgan fingerprint density at radius 1 is 0.870 bits per heavy atom. The number of sulfonamides is 1. The molecule has 0 amide bonds. The molecule has 118 valence electrons. The topological polar surface area (TPSA) is 66.4 Å². The van der Waals surface area contributed by atoms with Crippen LogP contribution in [0.5, 0.6) is 0 Å². The van der Waals surface area contributed by atoms with Crippen molar-refractivity contribution in [3.05, 3.63) is 78.4 Å². The molecule has 1 atom stereocenters. The van der Waals surface area contributed by atoms with Gasteiger partial charge < -0.3 is 5.11 Å². The molecule has 0 fully saturated rings. The molecule has 1 unspecified atom stereocenters. The Balaban J connectivity index is 2.01. The number of hydrogen-bond acceptors (Lipinski definition) is 3. The monoisotopic (exact) mass is 327 g/mol. The summed E-state index contributed by atoms with van der Waals surface area (Å²) in [5.41, 5.74) is 0.721. The lowest BCUT2D eigenvalue weighted by Gasteiger charge is -2.17. The fourth-order valence-corrected chi connectivity index (χ4v) is 4.02. The minimum absolute atomic E-state index is 0.213. The van der Waals surface area contributed by atoms with Gasteiger partial charge in [-0.1, -0.05) is 66.7 Å². The van der Waals surface area contributed by atoms with Crippen LogP contribution in [0.4, 0.5) is 0 Å². The molecule has 3 rings (SSSR count). The van der Waals surface area contributed by atoms with Gasteiger partial charge in [0.25, 0.3) is 0 Å². The van der Waals surface area contributed by atoms with E-state index in [4.69, 9.17) is 0 Å². The molecular formula is C18H17NO3S. The quantitative estimate of drug-likeness (QED) is 0.757. The molecule has 23 heavy (non-hydrogen) atoms. The summed E-state index contributed by atoms with van der Waals surface area (Å²) >= 11 is 0. The largest absolute Gasteiger partial charge is 0.394 e. The highest BCUT2D eigenvalue weighted by Crippen LogP contribution is 2.24. The number of hydrogen-bond donors (Lipinski definition) is 2. The maximum absolute atomic E-state index is 12.8. The highest BCUT2D eigenvalue weighted by atomic mass is 32.2. The van der Waals surface area contributed by atoms with E-state index < -0.39 is 16.1 Å². The molecule has 0 heterocycles. The zero-order valence-electron chi connectivity index (χ0n) is 12.4. The molecule has 0 aliphatic heterocycles. The smallest absolute Gasteiger partial charge is 0.241 e. The Kier molecular flexibility index (Phi) is 4.43. The van der Waals surface area contributed by atoms with Gasteiger partial charge in [-0.2, -0.15) is 0 Å². The van der Waals surface area contributed by atoms with Crippen LogP contribution in [0.1, 0.15) is 11.6 Å². The molecule has 0 aliphatic carbocycles. The van der Waals surface area contributed by atoms with Crippen LogP contribution in [0.15, 0.2) is 77.7 Å². The minimum Gasteiger partial charge on any atom is -0.394 e. The predicted molar refractivity (Wildman–Crippen MR) is 90.5 cm³/mol. The number of fused-ring (bicyclic) bond motifs is 1. The van der Waals surface area contributed by atoms with Gasteiger partial charge in [0.1, 0.15) is 0 Å². The highest BCUT2D eigenvalue weighted by Gasteiger charge is 2.22. The van der Waals surface area contributed by atoms with Gasteiger partial charge in [0.05, 0.1) is 17.5 Å². The van der Waals surface area contributed by atoms with Gasteiger partial charge in [-0.3, -0.25) is 0 Å². The molecule has 3 aromatic carbocycles. The van der Waals surface area contributed by atoms with Gasteiger partial charge >= 0.3 is 0 Å². The maximum atomic E-state index is 12.8. The Hall–Kier alpha value is -2.21. The SMILES string of the molecule is O=S(=O)(NC(CO)c1ccccc1)c1cccc2ccccc12. The second-order valence-electron chi connectivity index (χ2n) is 5.24. The Morgan fingerprint density at radius 2 is 1.52 bits per heavy atom. The fraction of sp³-hybridized carbons (Fsp3) is 0.111. The molecule has 3 aromatic rings. The van der Waals surface area contributed by atoms with Crippen molar-refractivity contribution >= 4 is 20.8 Å². The highest BCUT2D eigenvalue weighted by molar-refractivity contribution is 7.89. The molecule has 0 aromatic heterocycles. The standard InChI is InChI=1S/C18H17NO3S/c20-13-17(15-8-2-1-3-9-15)19-23(21,22)18-12-6-10-14-7-4-5-11-16(14)18/h1-12,17,19-20H,13H2. The van der Waals surface area contributed by atoms with Crippen LogP contribution in [-0.4, -0.2) is 20.1 Å². The van der Waals surface area contributed by atoms with E-state index in [0.717, 1.165) is 10.9 Å². The summed E-state index contributed by atoms with van der Waals surface area (Å²) < 4.78 is 28.1. The predicted octanol–water partition coefficient (Wildman–Crippen LogP) is 2.85. The summed E-state index contributed by atoms with van der Waals surface area (Å²) in [7, 11) is -3.76. The molecule has 0 spiro atoms. The van der Waals surface area contributed by atoms with Crippen LogP contribution >= 0.6 is 0 Å². The summed E-state index contributed by atoms with van der Waals surface area (Å²) in [6, 6.07) is 20.8. The van der Waals surface area contributed by atoms with E-state index in [1.54, 1.807) is 30.3 Å². The first kappa shape index (κ1) is 15.7. The summed E-state index contributed by atoms with van der Waals surface area (Å²) in [5.74, 6) is 0. The lowest BCUT2D eigenvalue weighted by molar-refractivity contribution is 0.259. The number of aliphatic hydroxyl groups excluding tert-OH is 1. The molecule has 2 N–H and O–H groups in total. The average Bonchev–Trinajstić information content (AvgIpc) is 2.60. The van der Waals surface area contributed by atoms with E-state index in [2.05, 4.69) is 4.72 Å². The van der Waals surface area contributed by atoms with Crippen molar-refractivity contribution in [3.8, 4) is 0 Å². The van der Waals surface area contributed by atoms with Crippen LogP contribution in [0, 0.1) is 0 Å². The molecule has 4 nitrogen and oxygen atoms in total. The lowest BCUT2D eigenvalue weighted by atomic mass is 10.1. The molecule has 0 aliphatic rings. The number of rotatable bonds is 5. The van der Waals surface area contributed by atoms with E-state index >= 15 is 0 Å². The van der Waals surface area contributed by atoms with Crippen molar-refractivity contribution < 1.29 is 13.5 Å². The van der Waals surface area contributed by atoms with Crippen molar-refractivity contribution in [3.63, 3.8) is 0 Å². The first-order valence-corrected chi connectivity index (χ1v) is 8.76. The molecule has 5 heteroatoms. The van der Waals surface area contributed by atoms with Crippen molar-refractivity contribution in [2.45, 2.75) is 10.9 Å². The molecule has 0 saturated carbocycles. The van der Waals surface area contributed by atoms with Gasteiger partial charge in [-0.15, -0.1) is 0 Å². The maximum Gasteiger partial charge on any atom is 0.241 e. The zero-order chi connectivity index (χ0) is 16.3. The number of nitrogens with one attached hydrogen (secondary N) is 1. The first-order valence-electron chi connectivity index (χ1n) is 7.28. The van der Waals surface area contributed by atoms with Gasteiger partial charge in [0, 0.05) is 5.39 Å². The van der Waals surface area contributed by atoms with Gasteiger partial charge in [0.15, 0.2) is 0 Å². The van der Waals surface area contributed by atoms with Crippen LogP contribution in [-0.2, 0) is 10.0 Å². The third-order valence-electron chi connectivity index (χ3n) is 3.72. The van der Waals surface area contributed by atoms with E-state index in [-0.39, 0.29) is 11.5 Å². The molecular weight excluding hydrogens is 310 g/mol. The number of benzene rings is 3. The molecule has 0 bridgehead atoms. The van der Waals surface area contributed by atoms with Crippen molar-refractivity contribution in [2.75, 3.05) is 6.61 Å². The number of aliphatic hydroxyl groups is 1. The van der Waals surface area contributed by atoms with Crippen molar-refractivity contribution in [1.29, 1.82) is 0 Å². The van der Waals surface area contributed by atoms with Crippen LogP contribution < -0.4 is 4.72 Å². The summed E-state index contributed by atoms with van der Waals surface area (Å²) in [6.07, 6.45) is 0. The first-order chi connectivity index (χ1) is 11.1. The molecule has 0 radical (unpaired) electrons. The van der Waals surface area contributed by atoms with Crippen LogP contribution in [0.3, 0.4) is 0 Å². The van der Waals surface area contributed by atoms with Gasteiger partial charge in [-0.25, -0.2) is 13.1 Å². The Labute approximate surface area is 135 Å². The molecule has 0 saturated heterocycles. The summed E-state index contributed by atoms with van der Waals surface area (Å²) in [5, 5.41) is 11.1. The third kappa shape index (κ3) is 3.27. The summed E-state index contributed by atoms with van der Waals surface area (Å²) in [6.45, 7) is -0.311. The van der Waals surface area contributed by atoms with Crippen LogP contribution in [0.25, 0.3) is 10.8 Å². The van der Waals surface area contributed by atoms with E-state index in [1.807, 2.05) is 42.5 Å².